The Morgan fingerprint density at radius 1 is 1.21 bits per heavy atom. The maximum atomic E-state index is 13.2. The Bertz CT molecular complexity index is 1220. The number of anilines is 2. The minimum atomic E-state index is -4.39. The molecule has 1 saturated carbocycles. The monoisotopic (exact) mass is 474 g/mol. The first kappa shape index (κ1) is 24.2. The number of carbonyl (C=O) groups is 1. The Hall–Kier alpha value is -3.47. The fraction of sp³-hybridized carbons (Fsp3) is 0.364. The highest BCUT2D eigenvalue weighted by molar-refractivity contribution is 7.93. The van der Waals surface area contributed by atoms with E-state index in [0.717, 1.165) is 31.0 Å². The molecule has 0 spiro atoms. The molecule has 11 heteroatoms. The number of nitrogens with zero attached hydrogens (tertiary/aromatic N) is 2. The second-order valence-electron chi connectivity index (χ2n) is 9.04. The number of hydrogen-bond donors (Lipinski definition) is 3. The number of non-ortho nitro benzene ring substituents is 1. The fourth-order valence-corrected chi connectivity index (χ4v) is 5.49. The molecule has 3 N–H and O–H groups in total. The summed E-state index contributed by atoms with van der Waals surface area (Å²) in [6.07, 6.45) is 2.55. The molecule has 33 heavy (non-hydrogen) atoms. The molecule has 0 aromatic heterocycles. The number of carboxylic acids is 1. The van der Waals surface area contributed by atoms with E-state index in [1.165, 1.54) is 36.4 Å². The standard InChI is InChI=1S/C22H26N4O6S/c1-14-10-15(13-22(2,3)12-14)23-24-19-9-8-16(26(29)30)11-20(19)33(31,32)25-18-7-5-4-6-17(18)21(27)28/h4-9,11,14,24-25H,10,12-13H2,1-3H3,(H,27,28). The maximum Gasteiger partial charge on any atom is 0.337 e. The number of nitrogens with one attached hydrogen (secondary N) is 2. The van der Waals surface area contributed by atoms with Crippen molar-refractivity contribution in [2.45, 2.75) is 44.9 Å². The third-order valence-corrected chi connectivity index (χ3v) is 6.77. The van der Waals surface area contributed by atoms with Crippen LogP contribution in [-0.4, -0.2) is 30.1 Å². The van der Waals surface area contributed by atoms with E-state index in [2.05, 4.69) is 36.0 Å². The topological polar surface area (TPSA) is 151 Å². The quantitative estimate of drug-likeness (QED) is 0.388. The van der Waals surface area contributed by atoms with Gasteiger partial charge in [-0.25, -0.2) is 13.2 Å². The van der Waals surface area contributed by atoms with Crippen LogP contribution in [0.25, 0.3) is 0 Å². The van der Waals surface area contributed by atoms with Crippen LogP contribution in [0.4, 0.5) is 17.1 Å². The Morgan fingerprint density at radius 3 is 2.55 bits per heavy atom. The average Bonchev–Trinajstić information content (AvgIpc) is 2.70. The lowest BCUT2D eigenvalue weighted by Crippen LogP contribution is -2.28. The van der Waals surface area contributed by atoms with Crippen LogP contribution in [0.3, 0.4) is 0 Å². The van der Waals surface area contributed by atoms with Crippen molar-refractivity contribution in [2.24, 2.45) is 16.4 Å². The SMILES string of the molecule is CC1CC(=NNc2ccc([N+](=O)[O-])cc2S(=O)(=O)Nc2ccccc2C(=O)O)CC(C)(C)C1. The van der Waals surface area contributed by atoms with Crippen molar-refractivity contribution in [1.29, 1.82) is 0 Å². The molecule has 1 atom stereocenters. The van der Waals surface area contributed by atoms with E-state index in [0.29, 0.717) is 5.92 Å². The minimum absolute atomic E-state index is 0.0458. The average molecular weight is 475 g/mol. The van der Waals surface area contributed by atoms with Gasteiger partial charge in [0, 0.05) is 17.8 Å². The first-order chi connectivity index (χ1) is 15.4. The predicted octanol–water partition coefficient (Wildman–Crippen LogP) is 4.71. The van der Waals surface area contributed by atoms with E-state index >= 15 is 0 Å². The van der Waals surface area contributed by atoms with E-state index in [-0.39, 0.29) is 22.4 Å². The summed E-state index contributed by atoms with van der Waals surface area (Å²) in [5.74, 6) is -0.894. The highest BCUT2D eigenvalue weighted by Crippen LogP contribution is 2.37. The van der Waals surface area contributed by atoms with Crippen LogP contribution in [-0.2, 0) is 10.0 Å². The summed E-state index contributed by atoms with van der Waals surface area (Å²) in [4.78, 5) is 21.6. The molecule has 2 aromatic rings. The molecule has 1 fully saturated rings. The minimum Gasteiger partial charge on any atom is -0.478 e. The summed E-state index contributed by atoms with van der Waals surface area (Å²) in [6, 6.07) is 8.88. The molecule has 0 bridgehead atoms. The molecule has 10 nitrogen and oxygen atoms in total. The molecular weight excluding hydrogens is 448 g/mol. The van der Waals surface area contributed by atoms with Crippen LogP contribution in [0, 0.1) is 21.4 Å². The third kappa shape index (κ3) is 5.86. The van der Waals surface area contributed by atoms with Gasteiger partial charge in [-0.05, 0) is 48.8 Å². The summed E-state index contributed by atoms with van der Waals surface area (Å²) in [5.41, 5.74) is 2.92. The molecule has 3 rings (SSSR count). The number of para-hydroxylation sites is 1. The zero-order valence-electron chi connectivity index (χ0n) is 18.5. The molecule has 0 radical (unpaired) electrons. The second-order valence-corrected chi connectivity index (χ2v) is 10.7. The highest BCUT2D eigenvalue weighted by atomic mass is 32.2. The molecule has 2 aromatic carbocycles. The van der Waals surface area contributed by atoms with E-state index in [4.69, 9.17) is 0 Å². The van der Waals surface area contributed by atoms with Crippen molar-refractivity contribution in [3.05, 3.63) is 58.1 Å². The van der Waals surface area contributed by atoms with Crippen molar-refractivity contribution in [3.8, 4) is 0 Å². The number of sulfonamides is 1. The summed E-state index contributed by atoms with van der Waals surface area (Å²) >= 11 is 0. The lowest BCUT2D eigenvalue weighted by molar-refractivity contribution is -0.385. The van der Waals surface area contributed by atoms with Crippen LogP contribution in [0.2, 0.25) is 0 Å². The molecule has 176 valence electrons. The fourth-order valence-electron chi connectivity index (χ4n) is 4.24. The lowest BCUT2D eigenvalue weighted by atomic mass is 9.72. The first-order valence-corrected chi connectivity index (χ1v) is 11.8. The number of benzene rings is 2. The first-order valence-electron chi connectivity index (χ1n) is 10.3. The summed E-state index contributed by atoms with van der Waals surface area (Å²) < 4.78 is 28.6. The van der Waals surface area contributed by atoms with Crippen molar-refractivity contribution in [3.63, 3.8) is 0 Å². The van der Waals surface area contributed by atoms with Gasteiger partial charge in [0.15, 0.2) is 0 Å². The van der Waals surface area contributed by atoms with Gasteiger partial charge in [-0.15, -0.1) is 0 Å². The molecule has 0 saturated heterocycles. The van der Waals surface area contributed by atoms with Gasteiger partial charge < -0.3 is 5.11 Å². The van der Waals surface area contributed by atoms with Gasteiger partial charge in [0.05, 0.1) is 21.9 Å². The Labute approximate surface area is 191 Å². The third-order valence-electron chi connectivity index (χ3n) is 5.37. The number of carboxylic acid groups (broad SMARTS) is 1. The van der Waals surface area contributed by atoms with Crippen LogP contribution in [0.1, 0.15) is 50.4 Å². The van der Waals surface area contributed by atoms with E-state index in [1.807, 2.05) is 0 Å². The van der Waals surface area contributed by atoms with Gasteiger partial charge in [-0.1, -0.05) is 32.9 Å². The van der Waals surface area contributed by atoms with Gasteiger partial charge in [-0.3, -0.25) is 20.3 Å². The number of aromatic carboxylic acids is 1. The number of hydrogen-bond acceptors (Lipinski definition) is 7. The van der Waals surface area contributed by atoms with Gasteiger partial charge in [0.1, 0.15) is 4.90 Å². The number of hydrazone groups is 1. The van der Waals surface area contributed by atoms with Crippen LogP contribution < -0.4 is 10.1 Å². The maximum absolute atomic E-state index is 13.2. The van der Waals surface area contributed by atoms with Crippen molar-refractivity contribution in [2.75, 3.05) is 10.1 Å². The molecule has 1 aliphatic carbocycles. The van der Waals surface area contributed by atoms with Gasteiger partial charge >= 0.3 is 5.97 Å². The Balaban J connectivity index is 2.00. The van der Waals surface area contributed by atoms with Crippen LogP contribution in [0.5, 0.6) is 0 Å². The largest absolute Gasteiger partial charge is 0.478 e. The summed E-state index contributed by atoms with van der Waals surface area (Å²) in [6.45, 7) is 6.41. The highest BCUT2D eigenvalue weighted by Gasteiger charge is 2.30. The Kier molecular flexibility index (Phi) is 6.73. The van der Waals surface area contributed by atoms with Gasteiger partial charge in [0.25, 0.3) is 15.7 Å². The molecule has 0 amide bonds. The second kappa shape index (κ2) is 9.18. The van der Waals surface area contributed by atoms with Crippen molar-refractivity contribution in [1.82, 2.24) is 0 Å². The zero-order valence-corrected chi connectivity index (χ0v) is 19.3. The van der Waals surface area contributed by atoms with Crippen molar-refractivity contribution >= 4 is 38.8 Å². The molecule has 1 unspecified atom stereocenters. The van der Waals surface area contributed by atoms with Crippen LogP contribution in [0.15, 0.2) is 52.5 Å². The lowest BCUT2D eigenvalue weighted by Gasteiger charge is -2.34. The van der Waals surface area contributed by atoms with Gasteiger partial charge in [-0.2, -0.15) is 5.10 Å². The zero-order chi connectivity index (χ0) is 24.4. The van der Waals surface area contributed by atoms with E-state index in [1.54, 1.807) is 0 Å². The smallest absolute Gasteiger partial charge is 0.337 e. The summed E-state index contributed by atoms with van der Waals surface area (Å²) in [5, 5.41) is 25.0. The normalized spacial score (nSPS) is 19.1. The summed E-state index contributed by atoms with van der Waals surface area (Å²) in [7, 11) is -4.39. The molecule has 0 heterocycles. The Morgan fingerprint density at radius 2 is 1.91 bits per heavy atom. The molecular formula is C22H26N4O6S. The van der Waals surface area contributed by atoms with E-state index < -0.39 is 31.5 Å². The number of nitro groups is 1. The number of nitro benzene ring substituents is 1. The van der Waals surface area contributed by atoms with Crippen molar-refractivity contribution < 1.29 is 23.2 Å². The predicted molar refractivity (Wildman–Crippen MR) is 125 cm³/mol. The number of rotatable bonds is 7. The van der Waals surface area contributed by atoms with Gasteiger partial charge in [0.2, 0.25) is 0 Å². The van der Waals surface area contributed by atoms with E-state index in [9.17, 15) is 28.4 Å². The molecule has 0 aliphatic heterocycles. The van der Waals surface area contributed by atoms with Crippen LogP contribution >= 0.6 is 0 Å². The molecule has 1 aliphatic rings.